The van der Waals surface area contributed by atoms with E-state index < -0.39 is 18.5 Å². The van der Waals surface area contributed by atoms with Crippen LogP contribution in [0, 0.1) is 0 Å². The van der Waals surface area contributed by atoms with Crippen LogP contribution in [-0.2, 0) is 21.4 Å². The van der Waals surface area contributed by atoms with Crippen LogP contribution in [0.1, 0.15) is 76.5 Å². The Hall–Kier alpha value is -3.28. The molecule has 3 aromatic rings. The molecule has 0 fully saturated rings. The number of aryl methyl sites for hydroxylation is 1. The van der Waals surface area contributed by atoms with Crippen LogP contribution in [0.4, 0.5) is 13.2 Å². The minimum atomic E-state index is -4.20. The smallest absolute Gasteiger partial charge is 0.389 e. The summed E-state index contributed by atoms with van der Waals surface area (Å²) in [6.07, 6.45) is -3.45. The fraction of sp³-hybridized carbons (Fsp3) is 0.406. The van der Waals surface area contributed by atoms with Gasteiger partial charge in [-0.1, -0.05) is 76.2 Å². The lowest BCUT2D eigenvalue weighted by Crippen LogP contribution is -2.11. The molecular weight excluding hydrogens is 489 g/mol. The number of esters is 1. The molecule has 0 heterocycles. The first kappa shape index (κ1) is 29.3. The highest BCUT2D eigenvalue weighted by atomic mass is 19.4. The third kappa shape index (κ3) is 8.64. The van der Waals surface area contributed by atoms with E-state index in [2.05, 4.69) is 32.9 Å². The Morgan fingerprint density at radius 3 is 2.11 bits per heavy atom. The number of hydrogen-bond donors (Lipinski definition) is 0. The molecule has 1 atom stereocenters. The van der Waals surface area contributed by atoms with E-state index in [1.54, 1.807) is 26.0 Å². The number of rotatable bonds is 10. The standard InChI is InChI=1S/C32H37F3O3/c1-6-37-30(36)9-7-8-25-14-15-26(24-12-10-23(11-13-24)22(2)21-32(33,34)35)20-29(25)38-28-18-16-27(17-19-28)31(3,4)5/h10-20,22H,6-9,21H2,1-5H3/t22-/m1/s1. The van der Waals surface area contributed by atoms with E-state index in [1.165, 1.54) is 5.56 Å². The van der Waals surface area contributed by atoms with E-state index in [-0.39, 0.29) is 11.4 Å². The van der Waals surface area contributed by atoms with Crippen molar-refractivity contribution in [2.24, 2.45) is 0 Å². The molecule has 38 heavy (non-hydrogen) atoms. The Kier molecular flexibility index (Phi) is 9.64. The molecule has 0 aliphatic carbocycles. The van der Waals surface area contributed by atoms with E-state index in [0.29, 0.717) is 42.9 Å². The van der Waals surface area contributed by atoms with Crippen molar-refractivity contribution >= 4 is 5.97 Å². The summed E-state index contributed by atoms with van der Waals surface area (Å²) in [5.74, 6) is 0.562. The molecule has 0 aromatic heterocycles. The number of ether oxygens (including phenoxy) is 2. The van der Waals surface area contributed by atoms with Crippen LogP contribution < -0.4 is 4.74 Å². The van der Waals surface area contributed by atoms with Gasteiger partial charge in [-0.25, -0.2) is 0 Å². The van der Waals surface area contributed by atoms with E-state index in [4.69, 9.17) is 9.47 Å². The SMILES string of the molecule is CCOC(=O)CCCc1ccc(-c2ccc([C@H](C)CC(F)(F)F)cc2)cc1Oc1ccc(C(C)(C)C)cc1. The first-order valence-corrected chi connectivity index (χ1v) is 13.1. The summed E-state index contributed by atoms with van der Waals surface area (Å²) in [5.41, 5.74) is 4.63. The van der Waals surface area contributed by atoms with Gasteiger partial charge in [0.2, 0.25) is 0 Å². The fourth-order valence-electron chi connectivity index (χ4n) is 4.31. The van der Waals surface area contributed by atoms with Gasteiger partial charge in [0, 0.05) is 6.42 Å². The molecule has 0 saturated heterocycles. The van der Waals surface area contributed by atoms with Gasteiger partial charge in [0.05, 0.1) is 13.0 Å². The first-order valence-electron chi connectivity index (χ1n) is 13.1. The lowest BCUT2D eigenvalue weighted by Gasteiger charge is -2.19. The van der Waals surface area contributed by atoms with E-state index in [1.807, 2.05) is 42.5 Å². The second kappa shape index (κ2) is 12.5. The summed E-state index contributed by atoms with van der Waals surface area (Å²) in [4.78, 5) is 11.8. The molecule has 0 radical (unpaired) electrons. The summed E-state index contributed by atoms with van der Waals surface area (Å²) < 4.78 is 49.8. The number of carbonyl (C=O) groups excluding carboxylic acids is 1. The summed E-state index contributed by atoms with van der Waals surface area (Å²) in [7, 11) is 0. The van der Waals surface area contributed by atoms with Crippen molar-refractivity contribution in [3.8, 4) is 22.6 Å². The van der Waals surface area contributed by atoms with Crippen LogP contribution in [0.15, 0.2) is 66.7 Å². The maximum Gasteiger partial charge on any atom is 0.389 e. The number of carbonyl (C=O) groups is 1. The average molecular weight is 527 g/mol. The lowest BCUT2D eigenvalue weighted by atomic mass is 9.87. The van der Waals surface area contributed by atoms with Crippen molar-refractivity contribution in [2.45, 2.75) is 77.8 Å². The molecule has 0 spiro atoms. The number of benzene rings is 3. The molecule has 204 valence electrons. The van der Waals surface area contributed by atoms with Crippen molar-refractivity contribution in [1.82, 2.24) is 0 Å². The highest BCUT2D eigenvalue weighted by molar-refractivity contribution is 5.69. The van der Waals surface area contributed by atoms with Crippen LogP contribution in [-0.4, -0.2) is 18.8 Å². The molecule has 3 rings (SSSR count). The zero-order valence-electron chi connectivity index (χ0n) is 22.8. The molecule has 0 aliphatic rings. The maximum atomic E-state index is 12.8. The molecule has 0 bridgehead atoms. The Morgan fingerprint density at radius 2 is 1.53 bits per heavy atom. The van der Waals surface area contributed by atoms with Crippen molar-refractivity contribution in [3.63, 3.8) is 0 Å². The van der Waals surface area contributed by atoms with Gasteiger partial charge >= 0.3 is 12.1 Å². The predicted molar refractivity (Wildman–Crippen MR) is 146 cm³/mol. The van der Waals surface area contributed by atoms with Crippen LogP contribution in [0.5, 0.6) is 11.5 Å². The van der Waals surface area contributed by atoms with Gasteiger partial charge in [0.25, 0.3) is 0 Å². The highest BCUT2D eigenvalue weighted by Crippen LogP contribution is 2.35. The minimum Gasteiger partial charge on any atom is -0.466 e. The summed E-state index contributed by atoms with van der Waals surface area (Å²) in [6, 6.07) is 21.1. The molecule has 0 N–H and O–H groups in total. The maximum absolute atomic E-state index is 12.8. The molecule has 3 aromatic carbocycles. The molecule has 0 saturated carbocycles. The predicted octanol–water partition coefficient (Wildman–Crippen LogP) is 9.39. The monoisotopic (exact) mass is 526 g/mol. The summed E-state index contributed by atoms with van der Waals surface area (Å²) >= 11 is 0. The quantitative estimate of drug-likeness (QED) is 0.247. The van der Waals surface area contributed by atoms with Crippen LogP contribution in [0.3, 0.4) is 0 Å². The lowest BCUT2D eigenvalue weighted by molar-refractivity contribution is -0.143. The van der Waals surface area contributed by atoms with Gasteiger partial charge in [-0.05, 0) is 77.1 Å². The van der Waals surface area contributed by atoms with E-state index in [9.17, 15) is 18.0 Å². The van der Waals surface area contributed by atoms with Gasteiger partial charge in [-0.3, -0.25) is 4.79 Å². The van der Waals surface area contributed by atoms with Crippen molar-refractivity contribution in [3.05, 3.63) is 83.4 Å². The van der Waals surface area contributed by atoms with Gasteiger partial charge in [0.1, 0.15) is 11.5 Å². The fourth-order valence-corrected chi connectivity index (χ4v) is 4.31. The molecular formula is C32H37F3O3. The molecule has 0 aliphatic heterocycles. The van der Waals surface area contributed by atoms with E-state index in [0.717, 1.165) is 16.7 Å². The van der Waals surface area contributed by atoms with Gasteiger partial charge in [-0.2, -0.15) is 13.2 Å². The van der Waals surface area contributed by atoms with Crippen molar-refractivity contribution in [1.29, 1.82) is 0 Å². The largest absolute Gasteiger partial charge is 0.466 e. The molecule has 0 unspecified atom stereocenters. The third-order valence-corrected chi connectivity index (χ3v) is 6.50. The zero-order valence-corrected chi connectivity index (χ0v) is 22.8. The van der Waals surface area contributed by atoms with E-state index >= 15 is 0 Å². The van der Waals surface area contributed by atoms with Crippen LogP contribution in [0.2, 0.25) is 0 Å². The second-order valence-corrected chi connectivity index (χ2v) is 10.7. The van der Waals surface area contributed by atoms with Crippen LogP contribution >= 0.6 is 0 Å². The average Bonchev–Trinajstić information content (AvgIpc) is 2.84. The van der Waals surface area contributed by atoms with Gasteiger partial charge in [-0.15, -0.1) is 0 Å². The number of alkyl halides is 3. The number of halogens is 3. The number of hydrogen-bond acceptors (Lipinski definition) is 3. The Labute approximate surface area is 224 Å². The van der Waals surface area contributed by atoms with Crippen molar-refractivity contribution in [2.75, 3.05) is 6.61 Å². The zero-order chi connectivity index (χ0) is 27.9. The molecule has 0 amide bonds. The normalized spacial score (nSPS) is 12.7. The summed E-state index contributed by atoms with van der Waals surface area (Å²) in [6.45, 7) is 10.2. The van der Waals surface area contributed by atoms with Gasteiger partial charge in [0.15, 0.2) is 0 Å². The molecule has 3 nitrogen and oxygen atoms in total. The minimum absolute atomic E-state index is 0.0282. The summed E-state index contributed by atoms with van der Waals surface area (Å²) in [5, 5.41) is 0. The Balaban J connectivity index is 1.85. The third-order valence-electron chi connectivity index (χ3n) is 6.50. The molecule has 6 heteroatoms. The first-order chi connectivity index (χ1) is 17.9. The van der Waals surface area contributed by atoms with Crippen LogP contribution in [0.25, 0.3) is 11.1 Å². The Bertz CT molecular complexity index is 1190. The highest BCUT2D eigenvalue weighted by Gasteiger charge is 2.30. The second-order valence-electron chi connectivity index (χ2n) is 10.7. The van der Waals surface area contributed by atoms with Crippen molar-refractivity contribution < 1.29 is 27.4 Å². The topological polar surface area (TPSA) is 35.5 Å². The van der Waals surface area contributed by atoms with Gasteiger partial charge < -0.3 is 9.47 Å². The Morgan fingerprint density at radius 1 is 0.895 bits per heavy atom.